The van der Waals surface area contributed by atoms with Gasteiger partial charge in [0, 0.05) is 7.05 Å². The molecule has 88 valence electrons. The lowest BCUT2D eigenvalue weighted by Crippen LogP contribution is -2.03. The lowest BCUT2D eigenvalue weighted by molar-refractivity contribution is 0.0689. The average molecular weight is 232 g/mol. The molecule has 0 spiro atoms. The van der Waals surface area contributed by atoms with Crippen molar-refractivity contribution in [2.24, 2.45) is 7.05 Å². The maximum atomic E-state index is 10.7. The third-order valence-corrected chi connectivity index (χ3v) is 2.33. The van der Waals surface area contributed by atoms with Crippen molar-refractivity contribution in [3.8, 4) is 5.75 Å². The summed E-state index contributed by atoms with van der Waals surface area (Å²) in [5.74, 6) is -0.294. The molecule has 0 amide bonds. The third-order valence-electron chi connectivity index (χ3n) is 2.33. The van der Waals surface area contributed by atoms with E-state index >= 15 is 0 Å². The SMILES string of the molecule is Cn1nc(C(=O)O)cc1COc1ccccc1. The molecule has 0 saturated heterocycles. The molecule has 0 saturated carbocycles. The van der Waals surface area contributed by atoms with Crippen molar-refractivity contribution in [1.82, 2.24) is 9.78 Å². The highest BCUT2D eigenvalue weighted by Gasteiger charge is 2.11. The van der Waals surface area contributed by atoms with Crippen LogP contribution in [-0.4, -0.2) is 20.9 Å². The highest BCUT2D eigenvalue weighted by molar-refractivity contribution is 5.85. The summed E-state index contributed by atoms with van der Waals surface area (Å²) in [6, 6.07) is 10.8. The fraction of sp³-hybridized carbons (Fsp3) is 0.167. The maximum absolute atomic E-state index is 10.7. The lowest BCUT2D eigenvalue weighted by atomic mass is 10.3. The molecule has 5 nitrogen and oxygen atoms in total. The number of para-hydroxylation sites is 1. The Balaban J connectivity index is 2.07. The van der Waals surface area contributed by atoms with Crippen LogP contribution in [-0.2, 0) is 13.7 Å². The maximum Gasteiger partial charge on any atom is 0.356 e. The Bertz CT molecular complexity index is 520. The van der Waals surface area contributed by atoms with Crippen molar-refractivity contribution in [2.75, 3.05) is 0 Å². The fourth-order valence-corrected chi connectivity index (χ4v) is 1.42. The van der Waals surface area contributed by atoms with Crippen LogP contribution >= 0.6 is 0 Å². The van der Waals surface area contributed by atoms with Crippen molar-refractivity contribution in [3.63, 3.8) is 0 Å². The minimum Gasteiger partial charge on any atom is -0.487 e. The van der Waals surface area contributed by atoms with Gasteiger partial charge in [-0.2, -0.15) is 5.10 Å². The summed E-state index contributed by atoms with van der Waals surface area (Å²) in [5.41, 5.74) is 0.741. The number of rotatable bonds is 4. The number of carboxylic acids is 1. The van der Waals surface area contributed by atoms with Gasteiger partial charge in [-0.3, -0.25) is 4.68 Å². The van der Waals surface area contributed by atoms with E-state index in [9.17, 15) is 4.79 Å². The summed E-state index contributed by atoms with van der Waals surface area (Å²) >= 11 is 0. The minimum absolute atomic E-state index is 0.0270. The standard InChI is InChI=1S/C12H12N2O3/c1-14-9(7-11(13-14)12(15)16)8-17-10-5-3-2-4-6-10/h2-7H,8H2,1H3,(H,15,16). The normalized spacial score (nSPS) is 10.2. The van der Waals surface area contributed by atoms with Crippen molar-refractivity contribution < 1.29 is 14.6 Å². The van der Waals surface area contributed by atoms with Gasteiger partial charge in [0.05, 0.1) is 5.69 Å². The Labute approximate surface area is 98.3 Å². The molecule has 0 bridgehead atoms. The molecule has 0 atom stereocenters. The van der Waals surface area contributed by atoms with Gasteiger partial charge in [-0.1, -0.05) is 18.2 Å². The number of benzene rings is 1. The molecule has 1 heterocycles. The largest absolute Gasteiger partial charge is 0.487 e. The Kier molecular flexibility index (Phi) is 3.09. The molecule has 5 heteroatoms. The molecule has 1 N–H and O–H groups in total. The summed E-state index contributed by atoms with van der Waals surface area (Å²) in [4.78, 5) is 10.7. The van der Waals surface area contributed by atoms with Crippen LogP contribution in [0.15, 0.2) is 36.4 Å². The van der Waals surface area contributed by atoms with Crippen LogP contribution < -0.4 is 4.74 Å². The number of carbonyl (C=O) groups is 1. The Morgan fingerprint density at radius 2 is 2.12 bits per heavy atom. The first kappa shape index (κ1) is 11.2. The molecular weight excluding hydrogens is 220 g/mol. The summed E-state index contributed by atoms with van der Waals surface area (Å²) in [6.45, 7) is 0.292. The molecule has 1 aromatic heterocycles. The monoisotopic (exact) mass is 232 g/mol. The molecular formula is C12H12N2O3. The number of ether oxygens (including phenoxy) is 1. The predicted molar refractivity (Wildman–Crippen MR) is 60.9 cm³/mol. The van der Waals surface area contributed by atoms with E-state index < -0.39 is 5.97 Å². The van der Waals surface area contributed by atoms with Crippen molar-refractivity contribution in [1.29, 1.82) is 0 Å². The van der Waals surface area contributed by atoms with E-state index in [-0.39, 0.29) is 5.69 Å². The zero-order chi connectivity index (χ0) is 12.3. The highest BCUT2D eigenvalue weighted by atomic mass is 16.5. The van der Waals surface area contributed by atoms with E-state index in [1.54, 1.807) is 7.05 Å². The molecule has 0 aliphatic heterocycles. The first-order valence-corrected chi connectivity index (χ1v) is 5.11. The van der Waals surface area contributed by atoms with Crippen LogP contribution in [0.4, 0.5) is 0 Å². The number of nitrogens with zero attached hydrogens (tertiary/aromatic N) is 2. The van der Waals surface area contributed by atoms with Gasteiger partial charge in [0.15, 0.2) is 5.69 Å². The second-order valence-electron chi connectivity index (χ2n) is 3.55. The van der Waals surface area contributed by atoms with Gasteiger partial charge >= 0.3 is 5.97 Å². The van der Waals surface area contributed by atoms with Crippen LogP contribution in [0.3, 0.4) is 0 Å². The number of aromatic carboxylic acids is 1. The third kappa shape index (κ3) is 2.63. The quantitative estimate of drug-likeness (QED) is 0.871. The number of hydrogen-bond donors (Lipinski definition) is 1. The zero-order valence-electron chi connectivity index (χ0n) is 9.33. The van der Waals surface area contributed by atoms with Gasteiger partial charge in [-0.15, -0.1) is 0 Å². The van der Waals surface area contributed by atoms with E-state index in [2.05, 4.69) is 5.10 Å². The minimum atomic E-state index is -1.04. The molecule has 0 aliphatic carbocycles. The smallest absolute Gasteiger partial charge is 0.356 e. The van der Waals surface area contributed by atoms with Gasteiger partial charge in [-0.25, -0.2) is 4.79 Å². The number of aromatic nitrogens is 2. The Morgan fingerprint density at radius 1 is 1.41 bits per heavy atom. The fourth-order valence-electron chi connectivity index (χ4n) is 1.42. The predicted octanol–water partition coefficient (Wildman–Crippen LogP) is 1.70. The van der Waals surface area contributed by atoms with Crippen LogP contribution in [0.1, 0.15) is 16.2 Å². The summed E-state index contributed by atoms with van der Waals surface area (Å²) < 4.78 is 7.02. The summed E-state index contributed by atoms with van der Waals surface area (Å²) in [6.07, 6.45) is 0. The molecule has 0 aliphatic rings. The highest BCUT2D eigenvalue weighted by Crippen LogP contribution is 2.12. The van der Waals surface area contributed by atoms with Gasteiger partial charge in [0.25, 0.3) is 0 Å². The summed E-state index contributed by atoms with van der Waals surface area (Å²) in [7, 11) is 1.69. The van der Waals surface area contributed by atoms with Gasteiger partial charge in [0.2, 0.25) is 0 Å². The van der Waals surface area contributed by atoms with Crippen molar-refractivity contribution in [2.45, 2.75) is 6.61 Å². The lowest BCUT2D eigenvalue weighted by Gasteiger charge is -2.05. The van der Waals surface area contributed by atoms with Gasteiger partial charge in [-0.05, 0) is 18.2 Å². The zero-order valence-corrected chi connectivity index (χ0v) is 9.33. The molecule has 2 rings (SSSR count). The van der Waals surface area contributed by atoms with E-state index in [4.69, 9.17) is 9.84 Å². The van der Waals surface area contributed by atoms with Crippen LogP contribution in [0.2, 0.25) is 0 Å². The van der Waals surface area contributed by atoms with E-state index in [0.717, 1.165) is 5.75 Å². The average Bonchev–Trinajstić information content (AvgIpc) is 2.70. The molecule has 2 aromatic rings. The second-order valence-corrected chi connectivity index (χ2v) is 3.55. The molecule has 0 radical (unpaired) electrons. The van der Waals surface area contributed by atoms with Crippen molar-refractivity contribution >= 4 is 5.97 Å². The van der Waals surface area contributed by atoms with Crippen LogP contribution in [0.5, 0.6) is 5.75 Å². The number of carboxylic acid groups (broad SMARTS) is 1. The Hall–Kier alpha value is -2.30. The summed E-state index contributed by atoms with van der Waals surface area (Å²) in [5, 5.41) is 12.7. The first-order chi connectivity index (χ1) is 8.16. The molecule has 0 unspecified atom stereocenters. The van der Waals surface area contributed by atoms with Gasteiger partial charge in [0.1, 0.15) is 12.4 Å². The van der Waals surface area contributed by atoms with E-state index in [1.165, 1.54) is 10.7 Å². The molecule has 17 heavy (non-hydrogen) atoms. The molecule has 0 fully saturated rings. The van der Waals surface area contributed by atoms with Crippen LogP contribution in [0.25, 0.3) is 0 Å². The van der Waals surface area contributed by atoms with E-state index in [1.807, 2.05) is 30.3 Å². The van der Waals surface area contributed by atoms with Crippen LogP contribution in [0, 0.1) is 0 Å². The number of hydrogen-bond acceptors (Lipinski definition) is 3. The van der Waals surface area contributed by atoms with Crippen molar-refractivity contribution in [3.05, 3.63) is 47.8 Å². The second kappa shape index (κ2) is 4.69. The molecule has 1 aromatic carbocycles. The first-order valence-electron chi connectivity index (χ1n) is 5.11. The topological polar surface area (TPSA) is 64.4 Å². The van der Waals surface area contributed by atoms with E-state index in [0.29, 0.717) is 12.3 Å². The van der Waals surface area contributed by atoms with Gasteiger partial charge < -0.3 is 9.84 Å². The number of aryl methyl sites for hydroxylation is 1. The Morgan fingerprint density at radius 3 is 2.71 bits per heavy atom.